The van der Waals surface area contributed by atoms with Crippen LogP contribution in [0.1, 0.15) is 123 Å². The molecule has 6 atom stereocenters. The second-order valence-corrected chi connectivity index (χ2v) is 20.5. The summed E-state index contributed by atoms with van der Waals surface area (Å²) in [5.74, 6) is -4.06. The summed E-state index contributed by atoms with van der Waals surface area (Å²) < 4.78 is 89.7. The molecule has 0 radical (unpaired) electrons. The Balaban J connectivity index is 1.45. The van der Waals surface area contributed by atoms with E-state index in [1.165, 1.54) is 38.0 Å². The van der Waals surface area contributed by atoms with Gasteiger partial charge in [0.25, 0.3) is 5.91 Å². The monoisotopic (exact) mass is 863 g/mol. The third-order valence-corrected chi connectivity index (χ3v) is 14.5. The van der Waals surface area contributed by atoms with Crippen LogP contribution in [0.3, 0.4) is 0 Å². The number of nitrogens with zero attached hydrogens (tertiary/aromatic N) is 2. The first-order valence-electron chi connectivity index (χ1n) is 20.5. The van der Waals surface area contributed by atoms with Crippen molar-refractivity contribution in [2.45, 2.75) is 152 Å². The minimum atomic E-state index is -4.95. The minimum absolute atomic E-state index is 0.0685. The molecule has 3 unspecified atom stereocenters. The number of methoxy groups -OCH3 is 1. The maximum absolute atomic E-state index is 14.9. The number of nitrogens with one attached hydrogen (secondary N) is 3. The number of amides is 4. The fourth-order valence-electron chi connectivity index (χ4n) is 8.41. The standard InChI is InChI=1S/C42H56F3N5O9S/c1-24-21-41(58-32-31(24)27-20-26(57-8)16-17-28(27)46-33(32)42(43,44)45)22-30-34(51)48-40(7,36(53)49-60(55,56)39(6)18-19-39)25(2)14-12-10-9-11-13-15-29(35(52)50(30)23-41)47-37(54)59-38(3,4)5/h12,14,16-17,20,24-25,29-30H,9-11,13,15,18-19,21-23H2,1-8H3,(H,47,54)(H,48,51)(H,49,53)/b14-12-/t24?,25-,29-,30?,40?,41+/m0/s1. The number of aromatic nitrogens is 1. The summed E-state index contributed by atoms with van der Waals surface area (Å²) in [6.07, 6.45) is 0.745. The molecule has 1 saturated carbocycles. The molecule has 4 aliphatic rings. The summed E-state index contributed by atoms with van der Waals surface area (Å²) >= 11 is 0. The number of benzene rings is 1. The zero-order valence-corrected chi connectivity index (χ0v) is 36.2. The van der Waals surface area contributed by atoms with Gasteiger partial charge in [-0.1, -0.05) is 38.8 Å². The number of carbonyl (C=O) groups is 4. The maximum atomic E-state index is 14.9. The molecule has 1 aromatic heterocycles. The molecule has 60 heavy (non-hydrogen) atoms. The SMILES string of the molecule is COc1ccc2nc(C(F)(F)F)c3c(c2c1)C(C)C[C@]1(CC2C(=O)NC(C)(C(=O)NS(=O)(=O)C4(C)CC4)[C@@H](C)/C=C\CCCCC[C@H](NC(=O)OC(C)(C)C)C(=O)N2C1)O3. The first-order chi connectivity index (χ1) is 27.8. The van der Waals surface area contributed by atoms with E-state index in [0.717, 1.165) is 0 Å². The van der Waals surface area contributed by atoms with Crippen LogP contribution in [0.25, 0.3) is 10.9 Å². The molecule has 1 aliphatic carbocycles. The Hall–Kier alpha value is -4.61. The van der Waals surface area contributed by atoms with E-state index in [0.29, 0.717) is 49.7 Å². The van der Waals surface area contributed by atoms with E-state index in [1.807, 2.05) is 6.08 Å². The van der Waals surface area contributed by atoms with E-state index in [1.54, 1.807) is 46.8 Å². The normalized spacial score (nSPS) is 29.2. The van der Waals surface area contributed by atoms with Gasteiger partial charge < -0.3 is 29.7 Å². The number of hydrogen-bond donors (Lipinski definition) is 3. The molecule has 3 aliphatic heterocycles. The van der Waals surface area contributed by atoms with Crippen molar-refractivity contribution in [2.24, 2.45) is 5.92 Å². The smallest absolute Gasteiger partial charge is 0.437 e. The maximum Gasteiger partial charge on any atom is 0.437 e. The fourth-order valence-corrected chi connectivity index (χ4v) is 9.76. The van der Waals surface area contributed by atoms with Crippen LogP contribution in [0, 0.1) is 5.92 Å². The van der Waals surface area contributed by atoms with Gasteiger partial charge in [-0.15, -0.1) is 0 Å². The lowest BCUT2D eigenvalue weighted by Crippen LogP contribution is -2.64. The van der Waals surface area contributed by atoms with Crippen molar-refractivity contribution in [3.05, 3.63) is 41.6 Å². The summed E-state index contributed by atoms with van der Waals surface area (Å²) in [7, 11) is -2.71. The first-order valence-corrected chi connectivity index (χ1v) is 21.9. The first kappa shape index (κ1) is 44.9. The highest BCUT2D eigenvalue weighted by Gasteiger charge is 2.58. The van der Waals surface area contributed by atoms with Crippen molar-refractivity contribution in [3.63, 3.8) is 0 Å². The lowest BCUT2D eigenvalue weighted by Gasteiger charge is -2.40. The van der Waals surface area contributed by atoms with Crippen molar-refractivity contribution in [1.82, 2.24) is 25.2 Å². The number of pyridine rings is 1. The van der Waals surface area contributed by atoms with Gasteiger partial charge in [-0.3, -0.25) is 19.1 Å². The zero-order valence-electron chi connectivity index (χ0n) is 35.4. The molecule has 2 aromatic rings. The number of ether oxygens (including phenoxy) is 3. The van der Waals surface area contributed by atoms with Gasteiger partial charge in [0.05, 0.1) is 23.9 Å². The summed E-state index contributed by atoms with van der Waals surface area (Å²) in [4.78, 5) is 62.2. The molecular formula is C42H56F3N5O9S. The van der Waals surface area contributed by atoms with Crippen LogP contribution >= 0.6 is 0 Å². The Morgan fingerprint density at radius 2 is 1.75 bits per heavy atom. The molecule has 1 spiro atoms. The highest BCUT2D eigenvalue weighted by Crippen LogP contribution is 2.53. The highest BCUT2D eigenvalue weighted by molar-refractivity contribution is 7.91. The highest BCUT2D eigenvalue weighted by atomic mass is 32.2. The van der Waals surface area contributed by atoms with Crippen LogP contribution < -0.4 is 24.8 Å². The molecule has 4 amide bonds. The van der Waals surface area contributed by atoms with Crippen molar-refractivity contribution >= 4 is 44.7 Å². The van der Waals surface area contributed by atoms with E-state index in [4.69, 9.17) is 14.2 Å². The summed E-state index contributed by atoms with van der Waals surface area (Å²) in [6.45, 7) is 10.9. The number of hydrogen-bond acceptors (Lipinski definition) is 10. The number of sulfonamides is 1. The quantitative estimate of drug-likeness (QED) is 0.284. The predicted molar refractivity (Wildman–Crippen MR) is 216 cm³/mol. The summed E-state index contributed by atoms with van der Waals surface area (Å²) in [5, 5.41) is 5.83. The van der Waals surface area contributed by atoms with Gasteiger partial charge in [0.1, 0.15) is 34.6 Å². The molecule has 0 bridgehead atoms. The third kappa shape index (κ3) is 9.03. The number of fused-ring (bicyclic) bond motifs is 4. The Morgan fingerprint density at radius 1 is 1.05 bits per heavy atom. The average molecular weight is 864 g/mol. The molecule has 2 fully saturated rings. The molecular weight excluding hydrogens is 808 g/mol. The van der Waals surface area contributed by atoms with Crippen LogP contribution in [-0.2, 0) is 35.3 Å². The fraction of sp³-hybridized carbons (Fsp3) is 0.643. The van der Waals surface area contributed by atoms with Crippen molar-refractivity contribution < 1.29 is 55.0 Å². The minimum Gasteiger partial charge on any atom is -0.497 e. The Kier molecular flexibility index (Phi) is 12.0. The molecule has 3 N–H and O–H groups in total. The van der Waals surface area contributed by atoms with Gasteiger partial charge in [0.15, 0.2) is 11.4 Å². The molecule has 6 rings (SSSR count). The number of allylic oxidation sites excluding steroid dienone is 1. The second kappa shape index (κ2) is 16.0. The van der Waals surface area contributed by atoms with E-state index in [9.17, 15) is 40.8 Å². The molecule has 1 aromatic carbocycles. The van der Waals surface area contributed by atoms with E-state index < -0.39 is 96.9 Å². The molecule has 4 heterocycles. The number of carbonyl (C=O) groups excluding carboxylic acids is 4. The average Bonchev–Trinajstić information content (AvgIpc) is 3.81. The topological polar surface area (TPSA) is 182 Å². The van der Waals surface area contributed by atoms with E-state index >= 15 is 0 Å². The van der Waals surface area contributed by atoms with Gasteiger partial charge in [0, 0.05) is 23.3 Å². The molecule has 1 saturated heterocycles. The van der Waals surface area contributed by atoms with Crippen LogP contribution in [0.2, 0.25) is 0 Å². The number of alkyl carbamates (subject to hydrolysis) is 1. The van der Waals surface area contributed by atoms with Gasteiger partial charge in [0.2, 0.25) is 21.8 Å². The number of halogens is 3. The largest absolute Gasteiger partial charge is 0.497 e. The number of rotatable bonds is 5. The van der Waals surface area contributed by atoms with Crippen LogP contribution in [0.4, 0.5) is 18.0 Å². The predicted octanol–water partition coefficient (Wildman–Crippen LogP) is 6.41. The third-order valence-electron chi connectivity index (χ3n) is 12.3. The molecule has 14 nitrogen and oxygen atoms in total. The van der Waals surface area contributed by atoms with Crippen LogP contribution in [0.5, 0.6) is 11.5 Å². The summed E-state index contributed by atoms with van der Waals surface area (Å²) in [6, 6.07) is 1.89. The van der Waals surface area contributed by atoms with Crippen molar-refractivity contribution in [1.29, 1.82) is 0 Å². The Labute approximate surface area is 348 Å². The lowest BCUT2D eigenvalue weighted by molar-refractivity contribution is -0.144. The molecule has 18 heteroatoms. The summed E-state index contributed by atoms with van der Waals surface area (Å²) in [5.41, 5.74) is -5.31. The van der Waals surface area contributed by atoms with Crippen molar-refractivity contribution in [3.8, 4) is 11.5 Å². The van der Waals surface area contributed by atoms with Gasteiger partial charge in [-0.05, 0) is 97.3 Å². The van der Waals surface area contributed by atoms with Crippen LogP contribution in [0.15, 0.2) is 30.4 Å². The Morgan fingerprint density at radius 3 is 2.38 bits per heavy atom. The van der Waals surface area contributed by atoms with Gasteiger partial charge in [-0.2, -0.15) is 13.2 Å². The van der Waals surface area contributed by atoms with E-state index in [-0.39, 0.29) is 36.9 Å². The van der Waals surface area contributed by atoms with E-state index in [2.05, 4.69) is 20.3 Å². The second-order valence-electron chi connectivity index (χ2n) is 18.3. The Bertz CT molecular complexity index is 2190. The van der Waals surface area contributed by atoms with Crippen molar-refractivity contribution in [2.75, 3.05) is 13.7 Å². The zero-order chi connectivity index (χ0) is 44.2. The molecule has 330 valence electrons. The number of alkyl halides is 3. The van der Waals surface area contributed by atoms with Gasteiger partial charge >= 0.3 is 12.3 Å². The lowest BCUT2D eigenvalue weighted by atomic mass is 9.80. The van der Waals surface area contributed by atoms with Crippen LogP contribution in [-0.4, -0.2) is 89.3 Å². The van der Waals surface area contributed by atoms with Gasteiger partial charge in [-0.25, -0.2) is 18.2 Å².